The molecule has 2 heterocycles. The zero-order chi connectivity index (χ0) is 22.7. The van der Waals surface area contributed by atoms with Gasteiger partial charge in [0.1, 0.15) is 5.78 Å². The highest BCUT2D eigenvalue weighted by Gasteiger charge is 2.26. The molecule has 0 amide bonds. The van der Waals surface area contributed by atoms with Crippen molar-refractivity contribution in [3.8, 4) is 11.1 Å². The topological polar surface area (TPSA) is 75.7 Å². The van der Waals surface area contributed by atoms with Gasteiger partial charge in [-0.3, -0.25) is 19.7 Å². The molecule has 172 valence electrons. The number of nitrogens with one attached hydrogen (secondary N) is 1. The molecule has 1 fully saturated rings. The molecular weight excluding hydrogens is 430 g/mol. The Hall–Kier alpha value is -2.99. The van der Waals surface area contributed by atoms with Crippen molar-refractivity contribution in [2.45, 2.75) is 57.3 Å². The Morgan fingerprint density at radius 3 is 2.42 bits per heavy atom. The Labute approximate surface area is 202 Å². The maximum Gasteiger partial charge on any atom is 0.155 e. The fourth-order valence-corrected chi connectivity index (χ4v) is 3.91. The van der Waals surface area contributed by atoms with Crippen molar-refractivity contribution in [1.82, 2.24) is 15.2 Å². The van der Waals surface area contributed by atoms with Gasteiger partial charge >= 0.3 is 0 Å². The molecule has 2 atom stereocenters. The van der Waals surface area contributed by atoms with Gasteiger partial charge in [-0.1, -0.05) is 50.8 Å². The first-order chi connectivity index (χ1) is 15.4. The van der Waals surface area contributed by atoms with Gasteiger partial charge in [-0.25, -0.2) is 0 Å². The zero-order valence-electron chi connectivity index (χ0n) is 19.2. The maximum absolute atomic E-state index is 12.8. The van der Waals surface area contributed by atoms with Crippen LogP contribution < -0.4 is 0 Å². The van der Waals surface area contributed by atoms with Crippen LogP contribution in [0, 0.1) is 0 Å². The predicted octanol–water partition coefficient (Wildman–Crippen LogP) is 5.63. The molecule has 0 spiro atoms. The molecule has 2 aromatic heterocycles. The molecule has 3 aromatic rings. The number of aromatic amines is 1. The molecular formula is C27H31N3O2S. The predicted molar refractivity (Wildman–Crippen MR) is 136 cm³/mol. The second kappa shape index (κ2) is 10.8. The Balaban J connectivity index is 0.00000306. The highest BCUT2D eigenvalue weighted by atomic mass is 32.1. The molecule has 1 unspecified atom stereocenters. The lowest BCUT2D eigenvalue weighted by Crippen LogP contribution is -2.12. The third kappa shape index (κ3) is 6.08. The van der Waals surface area contributed by atoms with Crippen molar-refractivity contribution in [2.75, 3.05) is 0 Å². The fourth-order valence-electron chi connectivity index (χ4n) is 3.91. The summed E-state index contributed by atoms with van der Waals surface area (Å²) in [4.78, 5) is 28.9. The third-order valence-corrected chi connectivity index (χ3v) is 6.26. The number of Topliss-reactive ketones (excluding diaryl/α,β-unsaturated/α-hetero) is 1. The van der Waals surface area contributed by atoms with Crippen LogP contribution in [0.5, 0.6) is 0 Å². The van der Waals surface area contributed by atoms with Crippen LogP contribution in [0.1, 0.15) is 73.5 Å². The number of rotatable bonds is 10. The molecule has 6 heteroatoms. The van der Waals surface area contributed by atoms with E-state index >= 15 is 0 Å². The molecule has 0 aliphatic heterocycles. The van der Waals surface area contributed by atoms with E-state index in [1.54, 1.807) is 0 Å². The number of carbonyl (C=O) groups is 2. The number of carbonyl (C=O) groups excluding carboxylic acids is 2. The zero-order valence-corrected chi connectivity index (χ0v) is 20.2. The summed E-state index contributed by atoms with van der Waals surface area (Å²) in [5, 5.41) is 7.36. The lowest BCUT2D eigenvalue weighted by Gasteiger charge is -2.12. The van der Waals surface area contributed by atoms with Crippen molar-refractivity contribution in [2.24, 2.45) is 0 Å². The van der Waals surface area contributed by atoms with Crippen LogP contribution in [0.3, 0.4) is 0 Å². The minimum atomic E-state index is -0.180. The Kier molecular flexibility index (Phi) is 8.03. The summed E-state index contributed by atoms with van der Waals surface area (Å²) in [6, 6.07) is 14.1. The first-order valence-corrected chi connectivity index (χ1v) is 11.2. The highest BCUT2D eigenvalue weighted by molar-refractivity contribution is 7.59. The van der Waals surface area contributed by atoms with Crippen molar-refractivity contribution in [3.63, 3.8) is 0 Å². The molecule has 1 aliphatic rings. The van der Waals surface area contributed by atoms with Crippen LogP contribution in [-0.2, 0) is 16.0 Å². The van der Waals surface area contributed by atoms with Gasteiger partial charge in [0, 0.05) is 53.7 Å². The van der Waals surface area contributed by atoms with E-state index in [0.29, 0.717) is 18.8 Å². The minimum absolute atomic E-state index is 0. The van der Waals surface area contributed by atoms with Crippen LogP contribution >= 0.6 is 13.5 Å². The SMILES string of the molecule is C=CC(=O)CC(C)c1ccc(-c2ccc([C@H](C)C(=O)Cc3cc(C4CC4)n[nH]3)cc2)cn1.S. The molecule has 0 bridgehead atoms. The standard InChI is InChI=1S/C27H29N3O2.H2S/c1-4-24(31)13-17(2)25-12-11-22(16-28-25)20-7-5-19(6-8-20)18(3)27(32)15-23-14-26(30-29-23)21-9-10-21;/h4-8,11-12,14,16-18,21H,1,9-10,13,15H2,2-3H3,(H,29,30);1H2/t17?,18-;/m0./s1. The first kappa shape index (κ1) is 24.6. The number of pyridine rings is 1. The normalized spacial score (nSPS) is 14.7. The van der Waals surface area contributed by atoms with Gasteiger partial charge in [-0.2, -0.15) is 18.6 Å². The molecule has 5 nitrogen and oxygen atoms in total. The Bertz CT molecular complexity index is 1120. The van der Waals surface area contributed by atoms with Crippen LogP contribution in [0.15, 0.2) is 61.3 Å². The van der Waals surface area contributed by atoms with E-state index in [-0.39, 0.29) is 36.9 Å². The smallest absolute Gasteiger partial charge is 0.155 e. The molecule has 1 aliphatic carbocycles. The molecule has 0 saturated heterocycles. The van der Waals surface area contributed by atoms with Gasteiger partial charge in [-0.15, -0.1) is 0 Å². The quantitative estimate of drug-likeness (QED) is 0.397. The molecule has 0 radical (unpaired) electrons. The van der Waals surface area contributed by atoms with Crippen molar-refractivity contribution in [3.05, 3.63) is 84.0 Å². The van der Waals surface area contributed by atoms with Gasteiger partial charge in [-0.05, 0) is 42.2 Å². The first-order valence-electron chi connectivity index (χ1n) is 11.2. The number of benzene rings is 1. The summed E-state index contributed by atoms with van der Waals surface area (Å²) in [6.45, 7) is 7.47. The second-order valence-corrected chi connectivity index (χ2v) is 8.83. The summed E-state index contributed by atoms with van der Waals surface area (Å²) in [6.07, 6.45) is 6.39. The van der Waals surface area contributed by atoms with Crippen LogP contribution in [-0.4, -0.2) is 26.7 Å². The number of hydrogen-bond acceptors (Lipinski definition) is 4. The van der Waals surface area contributed by atoms with Gasteiger partial charge in [0.15, 0.2) is 5.78 Å². The van der Waals surface area contributed by atoms with Crippen LogP contribution in [0.4, 0.5) is 0 Å². The average molecular weight is 462 g/mol. The number of nitrogens with zero attached hydrogens (tertiary/aromatic N) is 2. The van der Waals surface area contributed by atoms with Crippen molar-refractivity contribution in [1.29, 1.82) is 0 Å². The summed E-state index contributed by atoms with van der Waals surface area (Å²) in [5.74, 6) is 0.664. The van der Waals surface area contributed by atoms with E-state index < -0.39 is 0 Å². The molecule has 1 N–H and O–H groups in total. The van der Waals surface area contributed by atoms with Gasteiger partial charge in [0.2, 0.25) is 0 Å². The van der Waals surface area contributed by atoms with Crippen LogP contribution in [0.25, 0.3) is 11.1 Å². The van der Waals surface area contributed by atoms with E-state index in [1.807, 2.05) is 62.5 Å². The third-order valence-electron chi connectivity index (χ3n) is 6.26. The van der Waals surface area contributed by atoms with E-state index in [0.717, 1.165) is 33.8 Å². The van der Waals surface area contributed by atoms with Crippen molar-refractivity contribution >= 4 is 25.1 Å². The highest BCUT2D eigenvalue weighted by Crippen LogP contribution is 2.39. The van der Waals surface area contributed by atoms with Gasteiger partial charge in [0.05, 0.1) is 5.69 Å². The molecule has 1 aromatic carbocycles. The average Bonchev–Trinajstić information content (AvgIpc) is 3.57. The van der Waals surface area contributed by atoms with Gasteiger partial charge in [0.25, 0.3) is 0 Å². The molecule has 1 saturated carbocycles. The summed E-state index contributed by atoms with van der Waals surface area (Å²) in [5.41, 5.74) is 5.93. The second-order valence-electron chi connectivity index (χ2n) is 8.83. The van der Waals surface area contributed by atoms with Crippen molar-refractivity contribution < 1.29 is 9.59 Å². The number of hydrogen-bond donors (Lipinski definition) is 1. The number of H-pyrrole nitrogens is 1. The Morgan fingerprint density at radius 2 is 1.82 bits per heavy atom. The molecule has 33 heavy (non-hydrogen) atoms. The number of allylic oxidation sites excluding steroid dienone is 1. The monoisotopic (exact) mass is 461 g/mol. The van der Waals surface area contributed by atoms with E-state index in [9.17, 15) is 9.59 Å². The van der Waals surface area contributed by atoms with E-state index in [1.165, 1.54) is 18.9 Å². The lowest BCUT2D eigenvalue weighted by molar-refractivity contribution is -0.119. The summed E-state index contributed by atoms with van der Waals surface area (Å²) in [7, 11) is 0. The fraction of sp³-hybridized carbons (Fsp3) is 0.333. The minimum Gasteiger partial charge on any atom is -0.299 e. The lowest BCUT2D eigenvalue weighted by atomic mass is 9.92. The van der Waals surface area contributed by atoms with Gasteiger partial charge < -0.3 is 0 Å². The summed E-state index contributed by atoms with van der Waals surface area (Å²) < 4.78 is 0. The van der Waals surface area contributed by atoms with Crippen LogP contribution in [0.2, 0.25) is 0 Å². The Morgan fingerprint density at radius 1 is 1.12 bits per heavy atom. The maximum atomic E-state index is 12.8. The van der Waals surface area contributed by atoms with E-state index in [4.69, 9.17) is 0 Å². The van der Waals surface area contributed by atoms with E-state index in [2.05, 4.69) is 21.8 Å². The summed E-state index contributed by atoms with van der Waals surface area (Å²) >= 11 is 0. The largest absolute Gasteiger partial charge is 0.299 e. The molecule has 4 rings (SSSR count). The number of aromatic nitrogens is 3. The number of ketones is 2.